The van der Waals surface area contributed by atoms with Crippen LogP contribution in [0.4, 0.5) is 0 Å². The van der Waals surface area contributed by atoms with Crippen molar-refractivity contribution in [1.29, 1.82) is 0 Å². The average molecular weight is 297 g/mol. The molecule has 21 heavy (non-hydrogen) atoms. The molecule has 0 aromatic carbocycles. The molecule has 0 aliphatic rings. The first-order valence-electron chi connectivity index (χ1n) is 9.89. The van der Waals surface area contributed by atoms with E-state index in [1.807, 2.05) is 0 Å². The summed E-state index contributed by atoms with van der Waals surface area (Å²) in [5.74, 6) is 0.534. The molecule has 0 saturated heterocycles. The lowest BCUT2D eigenvalue weighted by molar-refractivity contribution is 0.428. The van der Waals surface area contributed by atoms with E-state index in [9.17, 15) is 0 Å². The minimum Gasteiger partial charge on any atom is -0.254 e. The summed E-state index contributed by atoms with van der Waals surface area (Å²) in [6.07, 6.45) is 20.9. The monoisotopic (exact) mass is 296 g/mol. The van der Waals surface area contributed by atoms with Crippen LogP contribution in [0.25, 0.3) is 0 Å². The Balaban J connectivity index is 3.03. The van der Waals surface area contributed by atoms with Crippen molar-refractivity contribution >= 4 is 0 Å². The molecule has 1 unspecified atom stereocenters. The minimum atomic E-state index is 0.169. The predicted octanol–water partition coefficient (Wildman–Crippen LogP) is 7.17. The maximum absolute atomic E-state index is 7.89. The average Bonchev–Trinajstić information content (AvgIpc) is 2.47. The molecule has 0 heterocycles. The second kappa shape index (κ2) is 16.3. The number of hydrogen-bond acceptors (Lipinski definition) is 0. The first-order chi connectivity index (χ1) is 10.2. The zero-order valence-electron chi connectivity index (χ0n) is 15.3. The number of rotatable bonds is 16. The third-order valence-corrected chi connectivity index (χ3v) is 4.67. The highest BCUT2D eigenvalue weighted by Crippen LogP contribution is 2.14. The summed E-state index contributed by atoms with van der Waals surface area (Å²) in [6.45, 7) is 6.62. The topological polar surface area (TPSA) is 23.8 Å². The van der Waals surface area contributed by atoms with E-state index < -0.39 is 0 Å². The van der Waals surface area contributed by atoms with E-state index in [0.29, 0.717) is 5.92 Å². The van der Waals surface area contributed by atoms with E-state index in [-0.39, 0.29) is 6.04 Å². The van der Waals surface area contributed by atoms with Gasteiger partial charge < -0.3 is 0 Å². The van der Waals surface area contributed by atoms with Crippen LogP contribution in [-0.2, 0) is 0 Å². The van der Waals surface area contributed by atoms with Crippen molar-refractivity contribution in [2.75, 3.05) is 0 Å². The normalized spacial score (nSPS) is 13.0. The highest BCUT2D eigenvalue weighted by Gasteiger charge is 2.06. The van der Waals surface area contributed by atoms with Crippen LogP contribution >= 0.6 is 0 Å². The van der Waals surface area contributed by atoms with Crippen molar-refractivity contribution in [3.05, 3.63) is 0 Å². The van der Waals surface area contributed by atoms with Gasteiger partial charge in [0, 0.05) is 6.04 Å². The maximum Gasteiger partial charge on any atom is 0.0236 e. The minimum absolute atomic E-state index is 0.169. The second-order valence-electron chi connectivity index (χ2n) is 7.24. The molecule has 0 aliphatic heterocycles. The first-order valence-corrected chi connectivity index (χ1v) is 9.89. The van der Waals surface area contributed by atoms with Crippen LogP contribution in [0, 0.1) is 5.92 Å². The Morgan fingerprint density at radius 2 is 0.905 bits per heavy atom. The van der Waals surface area contributed by atoms with Crippen molar-refractivity contribution in [3.63, 3.8) is 0 Å². The molecule has 0 aromatic heterocycles. The third kappa shape index (κ3) is 16.2. The largest absolute Gasteiger partial charge is 0.254 e. The van der Waals surface area contributed by atoms with E-state index >= 15 is 0 Å². The Bertz CT molecular complexity index is 188. The van der Waals surface area contributed by atoms with Crippen molar-refractivity contribution in [2.24, 2.45) is 5.92 Å². The van der Waals surface area contributed by atoms with Crippen molar-refractivity contribution in [2.45, 2.75) is 123 Å². The quantitative estimate of drug-likeness (QED) is 0.270. The number of unbranched alkanes of at least 4 members (excludes halogenated alkanes) is 13. The lowest BCUT2D eigenvalue weighted by Crippen LogP contribution is -2.16. The molecule has 0 fully saturated rings. The van der Waals surface area contributed by atoms with Crippen LogP contribution in [0.3, 0.4) is 0 Å². The maximum atomic E-state index is 7.89. The fraction of sp³-hybridized carbons (Fsp3) is 1.00. The lowest BCUT2D eigenvalue weighted by atomic mass is 9.98. The van der Waals surface area contributed by atoms with Gasteiger partial charge in [-0.25, -0.2) is 0 Å². The molecular formula is C20H42N. The van der Waals surface area contributed by atoms with E-state index in [2.05, 4.69) is 20.8 Å². The van der Waals surface area contributed by atoms with Gasteiger partial charge in [0.25, 0.3) is 0 Å². The van der Waals surface area contributed by atoms with Crippen LogP contribution < -0.4 is 5.73 Å². The zero-order valence-corrected chi connectivity index (χ0v) is 15.3. The molecule has 0 spiro atoms. The summed E-state index contributed by atoms with van der Waals surface area (Å²) in [6, 6.07) is 0.169. The summed E-state index contributed by atoms with van der Waals surface area (Å²) in [5, 5.41) is 0. The number of hydrogen-bond donors (Lipinski definition) is 0. The van der Waals surface area contributed by atoms with Gasteiger partial charge in [0.1, 0.15) is 0 Å². The molecule has 0 saturated carbocycles. The van der Waals surface area contributed by atoms with Crippen LogP contribution in [0.2, 0.25) is 0 Å². The molecule has 0 amide bonds. The zero-order chi connectivity index (χ0) is 15.8. The Kier molecular flexibility index (Phi) is 16.3. The molecule has 1 radical (unpaired) electrons. The highest BCUT2D eigenvalue weighted by atomic mass is 14.6. The fourth-order valence-electron chi connectivity index (χ4n) is 2.89. The van der Waals surface area contributed by atoms with E-state index in [1.165, 1.54) is 89.9 Å². The molecule has 1 atom stereocenters. The summed E-state index contributed by atoms with van der Waals surface area (Å²) >= 11 is 0. The standard InChI is InChI=1S/C20H42N/c1-4-5-6-7-8-9-10-11-12-13-14-15-16-17-18-20(21)19(2)3/h19-21H,4-18H2,1-3H3. The van der Waals surface area contributed by atoms with Crippen LogP contribution in [0.5, 0.6) is 0 Å². The molecule has 0 aliphatic carbocycles. The third-order valence-electron chi connectivity index (χ3n) is 4.67. The highest BCUT2D eigenvalue weighted by molar-refractivity contribution is 4.64. The predicted molar refractivity (Wildman–Crippen MR) is 96.7 cm³/mol. The molecule has 0 aromatic rings. The summed E-state index contributed by atoms with van der Waals surface area (Å²) in [7, 11) is 0. The van der Waals surface area contributed by atoms with Gasteiger partial charge in [-0.2, -0.15) is 0 Å². The van der Waals surface area contributed by atoms with Gasteiger partial charge in [-0.15, -0.1) is 0 Å². The Labute approximate surface area is 135 Å². The molecule has 1 nitrogen and oxygen atoms in total. The van der Waals surface area contributed by atoms with E-state index in [0.717, 1.165) is 6.42 Å². The molecule has 0 bridgehead atoms. The lowest BCUT2D eigenvalue weighted by Gasteiger charge is -2.13. The number of nitrogens with one attached hydrogen (secondary N) is 1. The van der Waals surface area contributed by atoms with Crippen molar-refractivity contribution in [3.8, 4) is 0 Å². The van der Waals surface area contributed by atoms with Crippen molar-refractivity contribution < 1.29 is 0 Å². The Morgan fingerprint density at radius 1 is 0.571 bits per heavy atom. The Hall–Kier alpha value is -0.0400. The molecule has 127 valence electrons. The molecule has 1 heteroatoms. The van der Waals surface area contributed by atoms with E-state index in [4.69, 9.17) is 5.73 Å². The van der Waals surface area contributed by atoms with E-state index in [1.54, 1.807) is 0 Å². The van der Waals surface area contributed by atoms with Crippen LogP contribution in [-0.4, -0.2) is 6.04 Å². The summed E-state index contributed by atoms with van der Waals surface area (Å²) in [4.78, 5) is 0. The van der Waals surface area contributed by atoms with Crippen LogP contribution in [0.15, 0.2) is 0 Å². The first kappa shape index (κ1) is 21.0. The van der Waals surface area contributed by atoms with Crippen LogP contribution in [0.1, 0.15) is 117 Å². The van der Waals surface area contributed by atoms with Gasteiger partial charge in [-0.3, -0.25) is 5.73 Å². The van der Waals surface area contributed by atoms with Gasteiger partial charge in [-0.1, -0.05) is 111 Å². The summed E-state index contributed by atoms with van der Waals surface area (Å²) < 4.78 is 0. The summed E-state index contributed by atoms with van der Waals surface area (Å²) in [5.41, 5.74) is 7.89. The van der Waals surface area contributed by atoms with Crippen molar-refractivity contribution in [1.82, 2.24) is 5.73 Å². The van der Waals surface area contributed by atoms with Gasteiger partial charge in [0.2, 0.25) is 0 Å². The smallest absolute Gasteiger partial charge is 0.0236 e. The fourth-order valence-corrected chi connectivity index (χ4v) is 2.89. The van der Waals surface area contributed by atoms with Gasteiger partial charge in [-0.05, 0) is 12.3 Å². The van der Waals surface area contributed by atoms with Gasteiger partial charge >= 0.3 is 0 Å². The SMILES string of the molecule is CCCCCCCCCCCCCCCCC([NH])C(C)C. The van der Waals surface area contributed by atoms with Gasteiger partial charge in [0.05, 0.1) is 0 Å². The molecule has 0 rings (SSSR count). The molecule has 1 N–H and O–H groups in total. The second-order valence-corrected chi connectivity index (χ2v) is 7.24. The van der Waals surface area contributed by atoms with Gasteiger partial charge in [0.15, 0.2) is 0 Å². The molecular weight excluding hydrogens is 254 g/mol. The Morgan fingerprint density at radius 3 is 1.24 bits per heavy atom.